The highest BCUT2D eigenvalue weighted by molar-refractivity contribution is 6.05. The van der Waals surface area contributed by atoms with E-state index in [0.29, 0.717) is 12.6 Å². The van der Waals surface area contributed by atoms with Gasteiger partial charge in [-0.25, -0.2) is 9.97 Å². The van der Waals surface area contributed by atoms with Gasteiger partial charge in [0.05, 0.1) is 5.92 Å². The Labute approximate surface area is 158 Å². The summed E-state index contributed by atoms with van der Waals surface area (Å²) < 4.78 is 6.07. The number of furan rings is 1. The van der Waals surface area contributed by atoms with Crippen molar-refractivity contribution in [3.05, 3.63) is 30.6 Å². The number of nitrogens with one attached hydrogen (secondary N) is 1. The van der Waals surface area contributed by atoms with Gasteiger partial charge in [-0.05, 0) is 37.8 Å². The number of nitrogens with zero attached hydrogens (tertiary/aromatic N) is 3. The number of hydrogen-bond acceptors (Lipinski definition) is 5. The zero-order valence-electron chi connectivity index (χ0n) is 15.4. The zero-order chi connectivity index (χ0) is 18.2. The topological polar surface area (TPSA) is 71.3 Å². The fourth-order valence-corrected chi connectivity index (χ4v) is 4.51. The Morgan fingerprint density at radius 1 is 1.11 bits per heavy atom. The number of para-hydroxylation sites is 1. The van der Waals surface area contributed by atoms with E-state index in [4.69, 9.17) is 4.42 Å². The number of rotatable bonds is 3. The minimum absolute atomic E-state index is 0.00810. The van der Waals surface area contributed by atoms with Crippen LogP contribution in [0, 0.1) is 5.92 Å². The molecule has 0 spiro atoms. The SMILES string of the molecule is O=C(NC1CCCC1)C1CCCN(c2ncnc3c2oc2ccccc23)C1. The summed E-state index contributed by atoms with van der Waals surface area (Å²) in [6.07, 6.45) is 8.21. The van der Waals surface area contributed by atoms with Crippen molar-refractivity contribution in [2.45, 2.75) is 44.6 Å². The predicted octanol–water partition coefficient (Wildman–Crippen LogP) is 3.65. The molecule has 1 N–H and O–H groups in total. The summed E-state index contributed by atoms with van der Waals surface area (Å²) in [6, 6.07) is 8.29. The molecule has 1 atom stereocenters. The standard InChI is InChI=1S/C21H24N4O2/c26-21(24-15-7-1-2-8-15)14-6-5-11-25(12-14)20-19-18(22-13-23-20)16-9-3-4-10-17(16)27-19/h3-4,9-10,13-15H,1-2,5-8,11-12H2,(H,24,26). The average molecular weight is 364 g/mol. The van der Waals surface area contributed by atoms with Crippen LogP contribution in [0.4, 0.5) is 5.82 Å². The number of anilines is 1. The van der Waals surface area contributed by atoms with E-state index in [2.05, 4.69) is 20.2 Å². The third-order valence-corrected chi connectivity index (χ3v) is 5.93. The molecule has 1 saturated carbocycles. The van der Waals surface area contributed by atoms with Crippen molar-refractivity contribution in [3.8, 4) is 0 Å². The molecule has 3 aromatic rings. The third kappa shape index (κ3) is 3.03. The van der Waals surface area contributed by atoms with Crippen LogP contribution in [0.1, 0.15) is 38.5 Å². The molecule has 1 aromatic carbocycles. The van der Waals surface area contributed by atoms with E-state index in [-0.39, 0.29) is 11.8 Å². The molecule has 1 aliphatic carbocycles. The van der Waals surface area contributed by atoms with Gasteiger partial charge in [0.15, 0.2) is 11.4 Å². The van der Waals surface area contributed by atoms with Crippen LogP contribution in [0.5, 0.6) is 0 Å². The molecule has 0 bridgehead atoms. The zero-order valence-corrected chi connectivity index (χ0v) is 15.4. The first kappa shape index (κ1) is 16.5. The van der Waals surface area contributed by atoms with Crippen LogP contribution >= 0.6 is 0 Å². The first-order chi connectivity index (χ1) is 13.3. The lowest BCUT2D eigenvalue weighted by Gasteiger charge is -2.33. The van der Waals surface area contributed by atoms with Gasteiger partial charge in [0.25, 0.3) is 0 Å². The molecule has 1 unspecified atom stereocenters. The summed E-state index contributed by atoms with van der Waals surface area (Å²) in [5.41, 5.74) is 2.38. The quantitative estimate of drug-likeness (QED) is 0.768. The number of aromatic nitrogens is 2. The molecule has 2 fully saturated rings. The number of carbonyl (C=O) groups is 1. The first-order valence-electron chi connectivity index (χ1n) is 9.97. The summed E-state index contributed by atoms with van der Waals surface area (Å²) in [7, 11) is 0. The third-order valence-electron chi connectivity index (χ3n) is 5.93. The van der Waals surface area contributed by atoms with Crippen LogP contribution in [0.25, 0.3) is 22.1 Å². The number of carbonyl (C=O) groups excluding carboxylic acids is 1. The van der Waals surface area contributed by atoms with E-state index < -0.39 is 0 Å². The molecule has 27 heavy (non-hydrogen) atoms. The van der Waals surface area contributed by atoms with E-state index in [1.807, 2.05) is 24.3 Å². The fourth-order valence-electron chi connectivity index (χ4n) is 4.51. The Morgan fingerprint density at radius 2 is 1.96 bits per heavy atom. The van der Waals surface area contributed by atoms with Crippen LogP contribution in [0.15, 0.2) is 35.0 Å². The summed E-state index contributed by atoms with van der Waals surface area (Å²) in [5.74, 6) is 1.00. The first-order valence-corrected chi connectivity index (χ1v) is 9.97. The normalized spacial score (nSPS) is 21.2. The van der Waals surface area contributed by atoms with Gasteiger partial charge in [-0.1, -0.05) is 25.0 Å². The number of piperidine rings is 1. The summed E-state index contributed by atoms with van der Waals surface area (Å²) >= 11 is 0. The van der Waals surface area contributed by atoms with Gasteiger partial charge < -0.3 is 14.6 Å². The molecule has 6 heteroatoms. The van der Waals surface area contributed by atoms with E-state index in [1.165, 1.54) is 12.8 Å². The van der Waals surface area contributed by atoms with E-state index >= 15 is 0 Å². The maximum atomic E-state index is 12.7. The smallest absolute Gasteiger partial charge is 0.225 e. The monoisotopic (exact) mass is 364 g/mol. The molecule has 1 aliphatic heterocycles. The predicted molar refractivity (Wildman–Crippen MR) is 105 cm³/mol. The Kier molecular flexibility index (Phi) is 4.19. The second kappa shape index (κ2) is 6.83. The van der Waals surface area contributed by atoms with Gasteiger partial charge in [-0.15, -0.1) is 0 Å². The van der Waals surface area contributed by atoms with Crippen molar-refractivity contribution in [1.29, 1.82) is 0 Å². The Hall–Kier alpha value is -2.63. The highest BCUT2D eigenvalue weighted by atomic mass is 16.3. The molecule has 5 rings (SSSR count). The molecule has 3 heterocycles. The van der Waals surface area contributed by atoms with Crippen LogP contribution in [0.3, 0.4) is 0 Å². The van der Waals surface area contributed by atoms with Crippen LogP contribution in [-0.4, -0.2) is 35.0 Å². The van der Waals surface area contributed by atoms with Crippen molar-refractivity contribution in [2.24, 2.45) is 5.92 Å². The van der Waals surface area contributed by atoms with E-state index in [1.54, 1.807) is 6.33 Å². The molecule has 0 radical (unpaired) electrons. The Balaban J connectivity index is 1.41. The van der Waals surface area contributed by atoms with Crippen molar-refractivity contribution >= 4 is 33.8 Å². The Bertz CT molecular complexity index is 977. The van der Waals surface area contributed by atoms with Crippen molar-refractivity contribution in [3.63, 3.8) is 0 Å². The number of amides is 1. The largest absolute Gasteiger partial charge is 0.450 e. The summed E-state index contributed by atoms with van der Waals surface area (Å²) in [4.78, 5) is 23.9. The maximum absolute atomic E-state index is 12.7. The minimum Gasteiger partial charge on any atom is -0.450 e. The molecule has 1 saturated heterocycles. The van der Waals surface area contributed by atoms with E-state index in [9.17, 15) is 4.79 Å². The molecule has 1 amide bonds. The maximum Gasteiger partial charge on any atom is 0.225 e. The van der Waals surface area contributed by atoms with Gasteiger partial charge in [-0.3, -0.25) is 4.79 Å². The lowest BCUT2D eigenvalue weighted by Crippen LogP contribution is -2.45. The molecule has 6 nitrogen and oxygen atoms in total. The molecular formula is C21H24N4O2. The van der Waals surface area contributed by atoms with Gasteiger partial charge in [-0.2, -0.15) is 0 Å². The molecular weight excluding hydrogens is 340 g/mol. The van der Waals surface area contributed by atoms with Gasteiger partial charge >= 0.3 is 0 Å². The van der Waals surface area contributed by atoms with Gasteiger partial charge in [0.1, 0.15) is 17.4 Å². The molecule has 2 aromatic heterocycles. The number of hydrogen-bond donors (Lipinski definition) is 1. The average Bonchev–Trinajstić information content (AvgIpc) is 3.35. The van der Waals surface area contributed by atoms with Crippen LogP contribution < -0.4 is 10.2 Å². The van der Waals surface area contributed by atoms with Gasteiger partial charge in [0, 0.05) is 24.5 Å². The van der Waals surface area contributed by atoms with Gasteiger partial charge in [0.2, 0.25) is 5.91 Å². The van der Waals surface area contributed by atoms with Crippen molar-refractivity contribution < 1.29 is 9.21 Å². The number of benzene rings is 1. The summed E-state index contributed by atoms with van der Waals surface area (Å²) in [6.45, 7) is 1.57. The van der Waals surface area contributed by atoms with Crippen LogP contribution in [-0.2, 0) is 4.79 Å². The highest BCUT2D eigenvalue weighted by Gasteiger charge is 2.30. The lowest BCUT2D eigenvalue weighted by molar-refractivity contribution is -0.125. The van der Waals surface area contributed by atoms with Crippen molar-refractivity contribution in [1.82, 2.24) is 15.3 Å². The number of fused-ring (bicyclic) bond motifs is 3. The second-order valence-corrected chi connectivity index (χ2v) is 7.75. The van der Waals surface area contributed by atoms with Crippen molar-refractivity contribution in [2.75, 3.05) is 18.0 Å². The lowest BCUT2D eigenvalue weighted by atomic mass is 9.96. The Morgan fingerprint density at radius 3 is 2.85 bits per heavy atom. The highest BCUT2D eigenvalue weighted by Crippen LogP contribution is 2.33. The molecule has 140 valence electrons. The minimum atomic E-state index is 0.00810. The van der Waals surface area contributed by atoms with Crippen LogP contribution in [0.2, 0.25) is 0 Å². The fraction of sp³-hybridized carbons (Fsp3) is 0.476. The summed E-state index contributed by atoms with van der Waals surface area (Å²) in [5, 5.41) is 4.26. The van der Waals surface area contributed by atoms with E-state index in [0.717, 1.165) is 60.1 Å². The second-order valence-electron chi connectivity index (χ2n) is 7.75. The molecule has 2 aliphatic rings.